The van der Waals surface area contributed by atoms with Crippen molar-refractivity contribution in [3.05, 3.63) is 0 Å². The van der Waals surface area contributed by atoms with Gasteiger partial charge < -0.3 is 36.2 Å². The Labute approximate surface area is 130 Å². The van der Waals surface area contributed by atoms with E-state index in [1.54, 1.807) is 6.92 Å². The molecule has 0 aromatic carbocycles. The molecule has 22 heavy (non-hydrogen) atoms. The van der Waals surface area contributed by atoms with Crippen molar-refractivity contribution in [3.63, 3.8) is 0 Å². The summed E-state index contributed by atoms with van der Waals surface area (Å²) in [6.07, 6.45) is -5.12. The summed E-state index contributed by atoms with van der Waals surface area (Å²) < 4.78 is 0. The van der Waals surface area contributed by atoms with Gasteiger partial charge in [-0.25, -0.2) is 0 Å². The van der Waals surface area contributed by atoms with Crippen LogP contribution in [0.1, 0.15) is 27.2 Å². The Morgan fingerprint density at radius 2 is 1.77 bits per heavy atom. The number of hydrogen-bond acceptors (Lipinski definition) is 7. The quantitative estimate of drug-likeness (QED) is 0.282. The van der Waals surface area contributed by atoms with Gasteiger partial charge in [0, 0.05) is 19.5 Å². The number of nitrogens with one attached hydrogen (secondary N) is 2. The summed E-state index contributed by atoms with van der Waals surface area (Å²) in [5.41, 5.74) is 0. The molecule has 0 saturated heterocycles. The van der Waals surface area contributed by atoms with Gasteiger partial charge in [0.15, 0.2) is 0 Å². The molecule has 1 amide bonds. The van der Waals surface area contributed by atoms with Gasteiger partial charge in [-0.2, -0.15) is 0 Å². The Balaban J connectivity index is 2.65. The zero-order chi connectivity index (χ0) is 17.0. The molecule has 1 fully saturated rings. The van der Waals surface area contributed by atoms with Crippen LogP contribution in [0, 0.1) is 5.92 Å². The van der Waals surface area contributed by atoms with Crippen molar-refractivity contribution in [2.45, 2.75) is 69.8 Å². The highest BCUT2D eigenvalue weighted by molar-refractivity contribution is 5.73. The average Bonchev–Trinajstić information content (AvgIpc) is 2.44. The molecule has 0 aromatic heterocycles. The first-order valence-corrected chi connectivity index (χ1v) is 7.56. The summed E-state index contributed by atoms with van der Waals surface area (Å²) >= 11 is 0. The molecule has 1 aliphatic carbocycles. The summed E-state index contributed by atoms with van der Waals surface area (Å²) in [5.74, 6) is -0.545. The highest BCUT2D eigenvalue weighted by Crippen LogP contribution is 2.25. The summed E-state index contributed by atoms with van der Waals surface area (Å²) in [4.78, 5) is 11.2. The first-order valence-electron chi connectivity index (χ1n) is 7.56. The maximum atomic E-state index is 11.2. The third-order valence-electron chi connectivity index (χ3n) is 4.22. The molecule has 8 heteroatoms. The van der Waals surface area contributed by atoms with Crippen molar-refractivity contribution in [2.24, 2.45) is 5.92 Å². The van der Waals surface area contributed by atoms with Crippen molar-refractivity contribution in [3.8, 4) is 0 Å². The molecule has 0 bridgehead atoms. The van der Waals surface area contributed by atoms with Gasteiger partial charge in [-0.1, -0.05) is 6.92 Å². The van der Waals surface area contributed by atoms with Crippen LogP contribution in [-0.2, 0) is 4.79 Å². The van der Waals surface area contributed by atoms with Crippen LogP contribution in [0.4, 0.5) is 0 Å². The van der Waals surface area contributed by atoms with Gasteiger partial charge in [-0.3, -0.25) is 4.79 Å². The van der Waals surface area contributed by atoms with Gasteiger partial charge >= 0.3 is 0 Å². The van der Waals surface area contributed by atoms with Crippen LogP contribution in [0.15, 0.2) is 0 Å². The molecule has 8 atom stereocenters. The van der Waals surface area contributed by atoms with E-state index in [0.29, 0.717) is 6.42 Å². The van der Waals surface area contributed by atoms with E-state index in [9.17, 15) is 30.3 Å². The highest BCUT2D eigenvalue weighted by atomic mass is 16.4. The summed E-state index contributed by atoms with van der Waals surface area (Å²) in [7, 11) is 0. The van der Waals surface area contributed by atoms with Gasteiger partial charge in [0.1, 0.15) is 12.2 Å². The topological polar surface area (TPSA) is 142 Å². The summed E-state index contributed by atoms with van der Waals surface area (Å²) in [6, 6.07) is -1.21. The molecular weight excluding hydrogens is 292 g/mol. The monoisotopic (exact) mass is 320 g/mol. The van der Waals surface area contributed by atoms with Gasteiger partial charge in [0.25, 0.3) is 0 Å². The molecule has 8 nitrogen and oxygen atoms in total. The van der Waals surface area contributed by atoms with Crippen LogP contribution < -0.4 is 10.6 Å². The Kier molecular flexibility index (Phi) is 7.17. The lowest BCUT2D eigenvalue weighted by molar-refractivity contribution is -0.123. The van der Waals surface area contributed by atoms with E-state index in [0.717, 1.165) is 0 Å². The molecule has 0 heterocycles. The van der Waals surface area contributed by atoms with E-state index in [2.05, 4.69) is 10.6 Å². The van der Waals surface area contributed by atoms with Crippen LogP contribution in [-0.4, -0.2) is 80.6 Å². The van der Waals surface area contributed by atoms with Crippen molar-refractivity contribution >= 4 is 5.91 Å². The summed E-state index contributed by atoms with van der Waals surface area (Å²) in [5, 5.41) is 54.4. The maximum Gasteiger partial charge on any atom is 0.217 e. The molecule has 0 radical (unpaired) electrons. The molecule has 0 aromatic rings. The Morgan fingerprint density at radius 1 is 1.18 bits per heavy atom. The van der Waals surface area contributed by atoms with E-state index in [-0.39, 0.29) is 18.4 Å². The van der Waals surface area contributed by atoms with E-state index < -0.39 is 42.6 Å². The normalized spacial score (nSPS) is 36.5. The zero-order valence-electron chi connectivity index (χ0n) is 13.2. The smallest absolute Gasteiger partial charge is 0.217 e. The molecule has 0 aliphatic heterocycles. The van der Waals surface area contributed by atoms with Crippen molar-refractivity contribution in [1.82, 2.24) is 10.6 Å². The predicted molar refractivity (Wildman–Crippen MR) is 78.9 cm³/mol. The lowest BCUT2D eigenvalue weighted by atomic mass is 9.80. The minimum atomic E-state index is -1.25. The third-order valence-corrected chi connectivity index (χ3v) is 4.22. The number of amides is 1. The van der Waals surface area contributed by atoms with Gasteiger partial charge in [0.05, 0.1) is 24.4 Å². The second-order valence-corrected chi connectivity index (χ2v) is 6.24. The molecule has 7 N–H and O–H groups in total. The number of aliphatic hydroxyl groups excluding tert-OH is 5. The first-order chi connectivity index (χ1) is 10.1. The zero-order valence-corrected chi connectivity index (χ0v) is 13.2. The number of rotatable bonds is 6. The Hall–Kier alpha value is -0.770. The van der Waals surface area contributed by atoms with Gasteiger partial charge in [-0.05, 0) is 19.3 Å². The highest BCUT2D eigenvalue weighted by Gasteiger charge is 2.40. The lowest BCUT2D eigenvalue weighted by Gasteiger charge is -2.40. The van der Waals surface area contributed by atoms with Crippen LogP contribution in [0.25, 0.3) is 0 Å². The minimum Gasteiger partial charge on any atom is -0.391 e. The van der Waals surface area contributed by atoms with Crippen LogP contribution >= 0.6 is 0 Å². The molecule has 0 spiro atoms. The summed E-state index contributed by atoms with van der Waals surface area (Å²) in [6.45, 7) is 4.60. The number of carbonyl (C=O) groups is 1. The van der Waals surface area contributed by atoms with E-state index >= 15 is 0 Å². The third kappa shape index (κ3) is 4.87. The predicted octanol–water partition coefficient (Wildman–Crippen LogP) is -2.69. The van der Waals surface area contributed by atoms with Crippen LogP contribution in [0.5, 0.6) is 0 Å². The largest absolute Gasteiger partial charge is 0.391 e. The van der Waals surface area contributed by atoms with Crippen molar-refractivity contribution < 1.29 is 30.3 Å². The standard InChI is InChI=1S/C14H28N2O6/c1-6-4-9(13(21)14(22)11(6)19)15-5-10(16-8(3)18)12(20)7(2)17/h6-7,9-15,17,19-22H,4-5H2,1-3H3,(H,16,18). The van der Waals surface area contributed by atoms with Crippen molar-refractivity contribution in [1.29, 1.82) is 0 Å². The fourth-order valence-electron chi connectivity index (χ4n) is 2.79. The second-order valence-electron chi connectivity index (χ2n) is 6.24. The molecule has 8 unspecified atom stereocenters. The average molecular weight is 320 g/mol. The van der Waals surface area contributed by atoms with E-state index in [1.807, 2.05) is 0 Å². The van der Waals surface area contributed by atoms with Crippen LogP contribution in [0.3, 0.4) is 0 Å². The number of hydrogen-bond donors (Lipinski definition) is 7. The Morgan fingerprint density at radius 3 is 2.27 bits per heavy atom. The van der Waals surface area contributed by atoms with Crippen LogP contribution in [0.2, 0.25) is 0 Å². The van der Waals surface area contributed by atoms with Gasteiger partial charge in [-0.15, -0.1) is 0 Å². The lowest BCUT2D eigenvalue weighted by Crippen LogP contribution is -2.60. The minimum absolute atomic E-state index is 0.114. The molecule has 1 rings (SSSR count). The van der Waals surface area contributed by atoms with Crippen molar-refractivity contribution in [2.75, 3.05) is 6.54 Å². The maximum absolute atomic E-state index is 11.2. The molecule has 1 aliphatic rings. The fourth-order valence-corrected chi connectivity index (χ4v) is 2.79. The van der Waals surface area contributed by atoms with E-state index in [1.165, 1.54) is 13.8 Å². The fraction of sp³-hybridized carbons (Fsp3) is 0.929. The van der Waals surface area contributed by atoms with E-state index in [4.69, 9.17) is 0 Å². The molecule has 1 saturated carbocycles. The first kappa shape index (κ1) is 19.3. The number of aliphatic hydroxyl groups is 5. The second kappa shape index (κ2) is 8.19. The SMILES string of the molecule is CC(=O)NC(CNC1CC(C)C(O)C(O)C1O)C(O)C(C)O. The number of carbonyl (C=O) groups excluding carboxylic acids is 1. The Bertz CT molecular complexity index is 367. The van der Waals surface area contributed by atoms with Gasteiger partial charge in [0.2, 0.25) is 5.91 Å². The molecular formula is C14H28N2O6. The molecule has 130 valence electrons.